The zero-order chi connectivity index (χ0) is 20.8. The van der Waals surface area contributed by atoms with Gasteiger partial charge >= 0.3 is 15.6 Å². The van der Waals surface area contributed by atoms with Crippen molar-refractivity contribution in [3.05, 3.63) is 16.7 Å². The number of anilines is 1. The van der Waals surface area contributed by atoms with Crippen LogP contribution in [-0.4, -0.2) is 68.6 Å². The number of hydrogen-bond acceptors (Lipinski definition) is 10. The molecule has 2 aromatic rings. The molecule has 0 radical (unpaired) electrons. The van der Waals surface area contributed by atoms with Gasteiger partial charge in [-0.3, -0.25) is 14.3 Å². The van der Waals surface area contributed by atoms with E-state index in [2.05, 4.69) is 19.3 Å². The molecule has 154 valence electrons. The van der Waals surface area contributed by atoms with Crippen molar-refractivity contribution in [2.24, 2.45) is 0 Å². The number of nitrogens with one attached hydrogen (secondary N) is 1. The van der Waals surface area contributed by atoms with E-state index >= 15 is 0 Å². The fourth-order valence-electron chi connectivity index (χ4n) is 1.55. The predicted molar refractivity (Wildman–Crippen MR) is 86.8 cm³/mol. The highest BCUT2D eigenvalue weighted by Crippen LogP contribution is 2.53. The maximum atomic E-state index is 11.5. The number of aromatic nitrogens is 4. The second-order valence-electron chi connectivity index (χ2n) is 4.68. The average molecular weight is 433 g/mol. The maximum absolute atomic E-state index is 11.5. The number of aliphatic hydroxyl groups is 2. The van der Waals surface area contributed by atoms with Gasteiger partial charge in [-0.15, -0.1) is 0 Å². The second kappa shape index (κ2) is 9.48. The number of rotatable bonds is 7. The van der Waals surface area contributed by atoms with E-state index in [0.29, 0.717) is 0 Å². The Morgan fingerprint density at radius 1 is 1.19 bits per heavy atom. The minimum atomic E-state index is -5.05. The van der Waals surface area contributed by atoms with Crippen LogP contribution in [-0.2, 0) is 24.9 Å². The van der Waals surface area contributed by atoms with Crippen molar-refractivity contribution in [3.8, 4) is 0 Å². The van der Waals surface area contributed by atoms with Gasteiger partial charge in [0.1, 0.15) is 12.8 Å². The first kappa shape index (κ1) is 23.3. The molecule has 0 amide bonds. The molecule has 0 unspecified atom stereocenters. The van der Waals surface area contributed by atoms with Gasteiger partial charge in [0.25, 0.3) is 5.56 Å². The zero-order valence-electron chi connectivity index (χ0n) is 13.3. The fraction of sp³-hybridized carbons (Fsp3) is 0.444. The first-order chi connectivity index (χ1) is 12.4. The molecule has 0 aliphatic carbocycles. The van der Waals surface area contributed by atoms with E-state index in [0.717, 1.165) is 0 Å². The van der Waals surface area contributed by atoms with Crippen LogP contribution < -0.4 is 11.3 Å². The van der Waals surface area contributed by atoms with Crippen LogP contribution in [0.3, 0.4) is 0 Å². The Hall–Kier alpha value is -1.71. The molecule has 0 atom stereocenters. The van der Waals surface area contributed by atoms with Crippen LogP contribution in [0.2, 0.25) is 0 Å². The van der Waals surface area contributed by atoms with Crippen molar-refractivity contribution in [2.75, 3.05) is 18.9 Å². The molecule has 0 aromatic carbocycles. The number of hydrogen-bond donors (Lipinski definition) is 8. The van der Waals surface area contributed by atoms with Gasteiger partial charge in [-0.05, 0) is 0 Å². The van der Waals surface area contributed by atoms with Gasteiger partial charge in [0.05, 0.1) is 19.5 Å². The van der Waals surface area contributed by atoms with Gasteiger partial charge in [0.15, 0.2) is 11.2 Å². The summed E-state index contributed by atoms with van der Waals surface area (Å²) in [7, 11) is -10.1. The molecule has 16 nitrogen and oxygen atoms in total. The normalized spacial score (nSPS) is 12.3. The largest absolute Gasteiger partial charge is 0.478 e. The quantitative estimate of drug-likeness (QED) is 0.205. The smallest absolute Gasteiger partial charge is 0.394 e. The molecule has 2 heterocycles. The number of phosphoric acid groups is 2. The van der Waals surface area contributed by atoms with Crippen molar-refractivity contribution in [2.45, 2.75) is 12.8 Å². The average Bonchev–Trinajstić information content (AvgIpc) is 2.88. The molecular formula is C9H17N5O11P2. The number of fused-ring (bicyclic) bond motifs is 1. The van der Waals surface area contributed by atoms with E-state index in [1.54, 1.807) is 0 Å². The van der Waals surface area contributed by atoms with Crippen LogP contribution in [0.4, 0.5) is 5.95 Å². The maximum Gasteiger partial charge on any atom is 0.478 e. The highest BCUT2D eigenvalue weighted by Gasteiger charge is 2.27. The highest BCUT2D eigenvalue weighted by molar-refractivity contribution is 7.60. The summed E-state index contributed by atoms with van der Waals surface area (Å²) in [5.74, 6) is -0.0184. The third-order valence-corrected chi connectivity index (χ3v) is 4.26. The topological polar surface area (TPSA) is 264 Å². The number of ether oxygens (including phenoxy) is 1. The van der Waals surface area contributed by atoms with E-state index < -0.39 is 27.3 Å². The van der Waals surface area contributed by atoms with Crippen molar-refractivity contribution < 1.29 is 48.0 Å². The molecule has 0 saturated carbocycles. The number of nitrogens with two attached hydrogens (primary N) is 1. The van der Waals surface area contributed by atoms with Crippen molar-refractivity contribution >= 4 is 32.8 Å². The van der Waals surface area contributed by atoms with Crippen molar-refractivity contribution in [1.29, 1.82) is 0 Å². The monoisotopic (exact) mass is 433 g/mol. The number of aliphatic hydroxyl groups excluding tert-OH is 2. The summed E-state index contributed by atoms with van der Waals surface area (Å²) in [6.07, 6.45) is 0.680. The standard InChI is InChI=1S/C9H13N5O4.H4O7P2/c10-9-12-7-6(8(17)13-9)11-3-14(7)4-18-5(1-15)2-16;1-8(2,3)7-9(4,5)6/h3,5,15-16H,1-2,4H2,(H3,10,12,13,17);(H2,1,2,3)(H2,4,5,6). The summed E-state index contributed by atoms with van der Waals surface area (Å²) in [5.41, 5.74) is 5.43. The van der Waals surface area contributed by atoms with Gasteiger partial charge in [0.2, 0.25) is 5.95 Å². The minimum Gasteiger partial charge on any atom is -0.394 e. The molecule has 0 aliphatic rings. The van der Waals surface area contributed by atoms with Crippen LogP contribution in [0, 0.1) is 0 Å². The lowest BCUT2D eigenvalue weighted by Gasteiger charge is -2.12. The molecule has 2 aromatic heterocycles. The van der Waals surface area contributed by atoms with Gasteiger partial charge in [-0.2, -0.15) is 9.29 Å². The van der Waals surface area contributed by atoms with Crippen LogP contribution in [0.5, 0.6) is 0 Å². The Labute approximate surface area is 149 Å². The van der Waals surface area contributed by atoms with E-state index in [1.165, 1.54) is 10.9 Å². The predicted octanol–water partition coefficient (Wildman–Crippen LogP) is -2.78. The summed E-state index contributed by atoms with van der Waals surface area (Å²) >= 11 is 0. The summed E-state index contributed by atoms with van der Waals surface area (Å²) < 4.78 is 28.9. The van der Waals surface area contributed by atoms with Crippen LogP contribution in [0.25, 0.3) is 11.2 Å². The lowest BCUT2D eigenvalue weighted by molar-refractivity contribution is -0.0488. The van der Waals surface area contributed by atoms with Gasteiger partial charge < -0.3 is 40.3 Å². The summed E-state index contributed by atoms with van der Waals surface area (Å²) in [4.78, 5) is 52.6. The molecular weight excluding hydrogens is 416 g/mol. The summed E-state index contributed by atoms with van der Waals surface area (Å²) in [6, 6.07) is 0. The van der Waals surface area contributed by atoms with Crippen LogP contribution >= 0.6 is 15.6 Å². The first-order valence-corrected chi connectivity index (χ1v) is 9.78. The van der Waals surface area contributed by atoms with Crippen molar-refractivity contribution in [3.63, 3.8) is 0 Å². The molecule has 9 N–H and O–H groups in total. The third kappa shape index (κ3) is 8.23. The van der Waals surface area contributed by atoms with Gasteiger partial charge in [0, 0.05) is 0 Å². The lowest BCUT2D eigenvalue weighted by Crippen LogP contribution is -2.23. The van der Waals surface area contributed by atoms with Crippen molar-refractivity contribution in [1.82, 2.24) is 19.5 Å². The Morgan fingerprint density at radius 2 is 1.74 bits per heavy atom. The number of H-pyrrole nitrogens is 1. The zero-order valence-corrected chi connectivity index (χ0v) is 15.1. The Kier molecular flexibility index (Phi) is 8.19. The SMILES string of the molecule is Nc1nc2c(ncn2COC(CO)CO)c(=O)[nH]1.O=P(O)(O)OP(=O)(O)O. The second-order valence-corrected chi connectivity index (χ2v) is 7.30. The lowest BCUT2D eigenvalue weighted by atomic mass is 10.4. The van der Waals surface area contributed by atoms with Crippen LogP contribution in [0.1, 0.15) is 0 Å². The molecule has 0 bridgehead atoms. The van der Waals surface area contributed by atoms with Gasteiger partial charge in [-0.25, -0.2) is 14.1 Å². The third-order valence-electron chi connectivity index (χ3n) is 2.56. The molecule has 0 aliphatic heterocycles. The number of nitrogen functional groups attached to an aromatic ring is 1. The number of aromatic amines is 1. The van der Waals surface area contributed by atoms with Gasteiger partial charge in [-0.1, -0.05) is 0 Å². The molecule has 27 heavy (non-hydrogen) atoms. The Bertz CT molecular complexity index is 877. The number of nitrogens with zero attached hydrogens (tertiary/aromatic N) is 3. The minimum absolute atomic E-state index is 0.00181. The number of imidazole rings is 1. The molecule has 0 fully saturated rings. The first-order valence-electron chi connectivity index (χ1n) is 6.72. The summed E-state index contributed by atoms with van der Waals surface area (Å²) in [6.45, 7) is -0.614. The van der Waals surface area contributed by atoms with E-state index in [-0.39, 0.29) is 37.1 Å². The Morgan fingerprint density at radius 3 is 2.19 bits per heavy atom. The van der Waals surface area contributed by atoms with E-state index in [9.17, 15) is 13.9 Å². The molecule has 2 rings (SSSR count). The molecule has 18 heteroatoms. The fourth-order valence-corrected chi connectivity index (χ4v) is 2.66. The summed E-state index contributed by atoms with van der Waals surface area (Å²) in [5, 5.41) is 17.7. The highest BCUT2D eigenvalue weighted by atomic mass is 31.3. The molecule has 0 spiro atoms. The van der Waals surface area contributed by atoms with E-state index in [4.69, 9.17) is 40.3 Å². The molecule has 0 saturated heterocycles. The Balaban J connectivity index is 0.000000345. The van der Waals surface area contributed by atoms with E-state index in [1.807, 2.05) is 0 Å². The van der Waals surface area contributed by atoms with Crippen LogP contribution in [0.15, 0.2) is 11.1 Å².